The summed E-state index contributed by atoms with van der Waals surface area (Å²) in [6, 6.07) is 49.0. The first-order valence-corrected chi connectivity index (χ1v) is 44.9. The third-order valence-corrected chi connectivity index (χ3v) is 26.0. The lowest BCUT2D eigenvalue weighted by Gasteiger charge is -2.39. The molecule has 682 valence electrons. The number of benzene rings is 6. The highest BCUT2D eigenvalue weighted by Crippen LogP contribution is 2.62. The Balaban J connectivity index is 0.000000184. The highest BCUT2D eigenvalue weighted by molar-refractivity contribution is 7.85. The van der Waals surface area contributed by atoms with Gasteiger partial charge in [-0.05, 0) is 122 Å². The zero-order valence-electron chi connectivity index (χ0n) is 72.7. The van der Waals surface area contributed by atoms with Gasteiger partial charge in [-0.15, -0.1) is 0 Å². The molecule has 8 aromatic heterocycles. The maximum Gasteiger partial charge on any atom is 0.242 e. The number of aromatic nitrogens is 16. The fourth-order valence-corrected chi connectivity index (χ4v) is 19.2. The van der Waals surface area contributed by atoms with Crippen LogP contribution in [0.25, 0.3) is 49.5 Å². The first-order valence-electron chi connectivity index (χ1n) is 42.2. The van der Waals surface area contributed by atoms with E-state index in [9.17, 15) is 0 Å². The molecule has 0 amide bonds. The number of rotatable bonds is 33. The molecule has 0 radical (unpaired) electrons. The highest BCUT2D eigenvalue weighted by atomic mass is 31.2. The third-order valence-electron chi connectivity index (χ3n) is 23.8. The minimum absolute atomic E-state index is 0.0132. The number of aryl methyl sites for hydroxylation is 4. The van der Waals surface area contributed by atoms with E-state index >= 15 is 17.6 Å². The van der Waals surface area contributed by atoms with Gasteiger partial charge in [0.1, 0.15) is 119 Å². The topological polar surface area (TPSA) is 317 Å². The van der Waals surface area contributed by atoms with E-state index in [4.69, 9.17) is 76.6 Å². The van der Waals surface area contributed by atoms with Crippen LogP contribution < -0.4 is 18.9 Å². The summed E-state index contributed by atoms with van der Waals surface area (Å²) in [4.78, 5) is 56.0. The van der Waals surface area contributed by atoms with Crippen LogP contribution in [0.15, 0.2) is 208 Å². The van der Waals surface area contributed by atoms with Crippen molar-refractivity contribution >= 4 is 68.4 Å². The number of halogens is 4. The van der Waals surface area contributed by atoms with Crippen LogP contribution in [0.4, 0.5) is 17.6 Å². The van der Waals surface area contributed by atoms with Gasteiger partial charge in [-0.3, -0.25) is 18.3 Å². The van der Waals surface area contributed by atoms with E-state index in [-0.39, 0.29) is 26.4 Å². The SMILES string of the molecule is CC[C@H]1O[C@@H](n2cnc3c(C)ncnc32)[C@@H](F)C1OP(C)OC[C@H]1O[C@@H](n2cnc3c(C)ncnc32)[C@@H](F)C1OC(c1ccccc1)(c1ccc(OC)cc1)c1ccc(OC)cc1.[BH3-][P+](OCC[N+]#[C-])(OC[C@H]1O[C@@H](n2cnc3c(C)ncnc32)[C@@H](F)C1OC(c1ccccc1)(c1ccc(OC)cc1)c1ccc(OC)cc1)OC1[C@@H](CC)O[C@@H](n2cnc3c(C)ncnc32)[C@H]1F. The van der Waals surface area contributed by atoms with Crippen LogP contribution in [0.1, 0.15) is 108 Å². The molecule has 14 aromatic rings. The van der Waals surface area contributed by atoms with Crippen molar-refractivity contribution in [3.63, 3.8) is 0 Å². The molecule has 0 bridgehead atoms. The minimum Gasteiger partial charge on any atom is -0.497 e. The summed E-state index contributed by atoms with van der Waals surface area (Å²) >= 11 is 0. The van der Waals surface area contributed by atoms with Crippen molar-refractivity contribution in [2.24, 2.45) is 0 Å². The van der Waals surface area contributed by atoms with Crippen LogP contribution in [-0.2, 0) is 62.2 Å². The molecule has 0 spiro atoms. The second kappa shape index (κ2) is 39.5. The average Bonchev–Trinajstić information content (AvgIpc) is 1.71. The maximum absolute atomic E-state index is 18.1. The summed E-state index contributed by atoms with van der Waals surface area (Å²) in [5, 5.41) is 0. The Hall–Kier alpha value is -11.6. The van der Waals surface area contributed by atoms with Gasteiger partial charge < -0.3 is 61.3 Å². The van der Waals surface area contributed by atoms with Gasteiger partial charge in [0.2, 0.25) is 21.9 Å². The summed E-state index contributed by atoms with van der Waals surface area (Å²) < 4.78 is 171. The van der Waals surface area contributed by atoms with E-state index in [0.29, 0.717) is 131 Å². The Kier molecular flexibility index (Phi) is 27.5. The summed E-state index contributed by atoms with van der Waals surface area (Å²) in [7, 11) is 0.147. The highest BCUT2D eigenvalue weighted by Gasteiger charge is 2.58. The summed E-state index contributed by atoms with van der Waals surface area (Å²) in [5.41, 5.74) is 7.63. The molecule has 0 N–H and O–H groups in total. The lowest BCUT2D eigenvalue weighted by molar-refractivity contribution is -0.104. The number of hydrogen-bond acceptors (Lipinski definition) is 27. The summed E-state index contributed by atoms with van der Waals surface area (Å²) in [6.45, 7) is 19.7. The average molecular weight is 1830 g/mol. The van der Waals surface area contributed by atoms with Crippen LogP contribution >= 0.6 is 16.2 Å². The Morgan fingerprint density at radius 2 is 0.710 bits per heavy atom. The number of methoxy groups -OCH3 is 4. The molecule has 0 saturated carbocycles. The predicted octanol–water partition coefficient (Wildman–Crippen LogP) is 14.8. The largest absolute Gasteiger partial charge is 0.497 e. The number of nitrogens with zero attached hydrogens (tertiary/aromatic N) is 17. The van der Waals surface area contributed by atoms with Gasteiger partial charge in [-0.2, -0.15) is 0 Å². The van der Waals surface area contributed by atoms with Crippen molar-refractivity contribution in [3.05, 3.63) is 276 Å². The Bertz CT molecular complexity index is 6200. The Morgan fingerprint density at radius 1 is 0.405 bits per heavy atom. The third kappa shape index (κ3) is 17.8. The van der Waals surface area contributed by atoms with Crippen LogP contribution in [-0.4, -0.2) is 221 Å². The molecule has 6 unspecified atom stereocenters. The van der Waals surface area contributed by atoms with Crippen molar-refractivity contribution < 1.29 is 87.5 Å². The van der Waals surface area contributed by atoms with Crippen LogP contribution in [0.5, 0.6) is 23.0 Å². The van der Waals surface area contributed by atoms with Crippen molar-refractivity contribution in [1.29, 1.82) is 0 Å². The smallest absolute Gasteiger partial charge is 0.242 e. The quantitative estimate of drug-likeness (QED) is 0.00921. The van der Waals surface area contributed by atoms with Crippen molar-refractivity contribution in [3.8, 4) is 23.0 Å². The molecule has 6 aromatic carbocycles. The molecular formula is C92H98BF4N17O15P2. The first kappa shape index (κ1) is 91.3. The zero-order chi connectivity index (χ0) is 91.4. The first-order chi connectivity index (χ1) is 63.7. The van der Waals surface area contributed by atoms with Crippen LogP contribution in [0, 0.1) is 34.3 Å². The maximum atomic E-state index is 18.1. The predicted molar refractivity (Wildman–Crippen MR) is 479 cm³/mol. The molecule has 39 heteroatoms. The monoisotopic (exact) mass is 1830 g/mol. The van der Waals surface area contributed by atoms with Gasteiger partial charge >= 0.3 is 0 Å². The summed E-state index contributed by atoms with van der Waals surface area (Å²) in [6.07, 6.45) is -7.31. The molecule has 12 heterocycles. The molecule has 4 aliphatic rings. The zero-order valence-corrected chi connectivity index (χ0v) is 74.5. The Morgan fingerprint density at radius 3 is 1.04 bits per heavy atom. The molecule has 4 saturated heterocycles. The van der Waals surface area contributed by atoms with Crippen molar-refractivity contribution in [2.45, 2.75) is 164 Å². The molecule has 4 fully saturated rings. The molecular weight excluding hydrogens is 1730 g/mol. The number of hydrogen-bond donors (Lipinski definition) is 0. The minimum atomic E-state index is -3.35. The molecule has 32 nitrogen and oxygen atoms in total. The van der Waals surface area contributed by atoms with E-state index in [2.05, 4.69) is 64.7 Å². The number of ether oxygens (including phenoxy) is 10. The van der Waals surface area contributed by atoms with Crippen LogP contribution in [0.3, 0.4) is 0 Å². The normalized spacial score (nSPS) is 24.0. The molecule has 0 aliphatic carbocycles. The standard InChI is InChI=1S/C47H51BF2N9O8P.C45H47F2N8O7P/c1-7-35-42(38(50)46(64-35)59-27-57-40-29(3)53-25-55-44(40)59)67-68(48,62-22-21-51-4)63-23-36-41(37(49)45(65-36)58-26-56-39-28(2)52-24-54-43(39)58)66-47(30-11-9-8-10-12-30,31-13-17-33(60-5)18-14-31)32-15-19-34(61-6)20-16-32;1-7-33-40(36(47)44(59-33)55-25-53-38-27(3)49-23-51-42(38)55)62-63(6)58-21-34-39(35(46)43(60-34)54-24-52-37-26(2)48-22-50-41(37)54)61-45(28-11-9-8-10-12-28,29-13-17-31(56-4)18-14-29)30-15-19-32(57-5)20-16-30/h8-20,24-27,35-38,41-42,45-46H,7,21-23H2,1-3,5-6,48H3;8-20,22-25,33-36,39-40,43-44H,7,21H2,1-6H3/t35-,36-,37+,38+,41?,42?,45-,46-,68?;33-,34-,35+,36+,39?,40?,43-,44-,63?/m11/s1. The fourth-order valence-electron chi connectivity index (χ4n) is 17.1. The van der Waals surface area contributed by atoms with E-state index in [1.54, 1.807) is 62.7 Å². The molecule has 18 rings (SSSR count). The number of alkyl halides is 4. The van der Waals surface area contributed by atoms with Gasteiger partial charge in [0, 0.05) is 6.66 Å². The van der Waals surface area contributed by atoms with E-state index in [0.717, 1.165) is 5.56 Å². The van der Waals surface area contributed by atoms with E-state index in [1.165, 1.54) is 55.2 Å². The number of fused-ring (bicyclic) bond motifs is 4. The summed E-state index contributed by atoms with van der Waals surface area (Å²) in [5.74, 6) is 2.50. The van der Waals surface area contributed by atoms with Gasteiger partial charge in [-0.25, -0.2) is 97.5 Å². The van der Waals surface area contributed by atoms with Crippen molar-refractivity contribution in [1.82, 2.24) is 78.1 Å². The van der Waals surface area contributed by atoms with Gasteiger partial charge in [0.25, 0.3) is 0 Å². The lowest BCUT2D eigenvalue weighted by Crippen LogP contribution is -2.44. The molecule has 131 heavy (non-hydrogen) atoms. The van der Waals surface area contributed by atoms with E-state index in [1.807, 2.05) is 185 Å². The van der Waals surface area contributed by atoms with E-state index < -0.39 is 133 Å². The molecule has 18 atom stereocenters. The van der Waals surface area contributed by atoms with Gasteiger partial charge in [0.15, 0.2) is 93.3 Å². The number of imidazole rings is 4. The second-order valence-electron chi connectivity index (χ2n) is 31.3. The Labute approximate surface area is 754 Å². The lowest BCUT2D eigenvalue weighted by atomic mass is 9.79. The van der Waals surface area contributed by atoms with Gasteiger partial charge in [-0.1, -0.05) is 123 Å². The van der Waals surface area contributed by atoms with Crippen molar-refractivity contribution in [2.75, 3.05) is 61.5 Å². The molecule has 4 aliphatic heterocycles. The van der Waals surface area contributed by atoms with Crippen LogP contribution in [0.2, 0.25) is 0 Å². The second-order valence-corrected chi connectivity index (χ2v) is 33.8. The fraction of sp³-hybridized carbons (Fsp3) is 0.380. The van der Waals surface area contributed by atoms with Gasteiger partial charge in [0.05, 0.1) is 95.3 Å².